The van der Waals surface area contributed by atoms with E-state index in [1.54, 1.807) is 0 Å². The van der Waals surface area contributed by atoms with E-state index in [0.29, 0.717) is 38.8 Å². The molecule has 1 aliphatic rings. The lowest BCUT2D eigenvalue weighted by molar-refractivity contribution is -0.148. The molecule has 1 saturated heterocycles. The number of nitrogens with two attached hydrogens (primary N) is 2. The summed E-state index contributed by atoms with van der Waals surface area (Å²) in [6, 6.07) is 16.5. The highest BCUT2D eigenvalue weighted by atomic mass is 16.4. The number of likely N-dealkylation sites (tertiary alicyclic amines) is 1. The first-order valence-electron chi connectivity index (χ1n) is 18.4. The van der Waals surface area contributed by atoms with Crippen LogP contribution < -0.4 is 32.7 Å². The summed E-state index contributed by atoms with van der Waals surface area (Å²) in [6.07, 6.45) is 2.25. The van der Waals surface area contributed by atoms with E-state index in [4.69, 9.17) is 11.5 Å². The summed E-state index contributed by atoms with van der Waals surface area (Å²) in [5, 5.41) is 21.4. The molecule has 2 aromatic rings. The lowest BCUT2D eigenvalue weighted by Crippen LogP contribution is -2.60. The molecule has 2 aromatic carbocycles. The highest BCUT2D eigenvalue weighted by Gasteiger charge is 2.40. The molecule has 4 amide bonds. The fourth-order valence-electron chi connectivity index (χ4n) is 6.34. The molecule has 286 valence electrons. The van der Waals surface area contributed by atoms with Crippen molar-refractivity contribution >= 4 is 29.6 Å². The first kappa shape index (κ1) is 42.1. The predicted molar refractivity (Wildman–Crippen MR) is 201 cm³/mol. The number of unbranched alkanes of at least 4 members (excludes halogenated alkanes) is 1. The van der Waals surface area contributed by atoms with E-state index in [0.717, 1.165) is 11.1 Å². The number of carbonyl (C=O) groups excluding carboxylic acids is 4. The van der Waals surface area contributed by atoms with Gasteiger partial charge in [-0.05, 0) is 62.1 Å². The molecule has 52 heavy (non-hydrogen) atoms. The van der Waals surface area contributed by atoms with Gasteiger partial charge in [0.05, 0.1) is 6.54 Å². The van der Waals surface area contributed by atoms with E-state index in [9.17, 15) is 29.1 Å². The molecule has 0 aliphatic carbocycles. The molecule has 13 heteroatoms. The number of nitrogens with zero attached hydrogens (tertiary/aromatic N) is 1. The van der Waals surface area contributed by atoms with Gasteiger partial charge >= 0.3 is 5.97 Å². The Morgan fingerprint density at radius 3 is 2.00 bits per heavy atom. The third kappa shape index (κ3) is 13.0. The highest BCUT2D eigenvalue weighted by Crippen LogP contribution is 2.22. The number of carboxylic acids is 1. The van der Waals surface area contributed by atoms with E-state index < -0.39 is 41.4 Å². The zero-order chi connectivity index (χ0) is 38.3. The van der Waals surface area contributed by atoms with Crippen LogP contribution in [0.2, 0.25) is 0 Å². The lowest BCUT2D eigenvalue weighted by atomic mass is 9.84. The lowest BCUT2D eigenvalue weighted by Gasteiger charge is -2.38. The first-order valence-corrected chi connectivity index (χ1v) is 18.4. The van der Waals surface area contributed by atoms with Crippen molar-refractivity contribution in [2.75, 3.05) is 32.7 Å². The van der Waals surface area contributed by atoms with E-state index in [-0.39, 0.29) is 62.0 Å². The van der Waals surface area contributed by atoms with Crippen molar-refractivity contribution in [2.24, 2.45) is 17.4 Å². The minimum absolute atomic E-state index is 0.00836. The van der Waals surface area contributed by atoms with Crippen molar-refractivity contribution in [3.8, 4) is 0 Å². The van der Waals surface area contributed by atoms with Gasteiger partial charge in [0.1, 0.15) is 23.7 Å². The monoisotopic (exact) mass is 721 g/mol. The highest BCUT2D eigenvalue weighted by molar-refractivity contribution is 5.94. The number of hydrogen-bond acceptors (Lipinski definition) is 8. The molecule has 1 unspecified atom stereocenters. The Hall–Kier alpha value is -4.33. The standard InChI is InChI=1S/C39H59N7O6/c1-27(2)23-31(34(48)44-30(17-11-12-20-40)36(50)46-21-18-39(41,19-22-46)37(51)52)45-35(49)32(24-28-13-7-5-8-14-28)43-33(47)25-42-26-38(3,4)29-15-9-6-10-16-29/h5-10,13-16,27,30-32,42H,11-12,17-26,40-41H2,1-4H3,(H,43,47)(H,44,48)(H,45,49)(H,51,52)/t30?,31-,32-/m1/s1. The Morgan fingerprint density at radius 2 is 1.42 bits per heavy atom. The van der Waals surface area contributed by atoms with Gasteiger partial charge in [-0.25, -0.2) is 0 Å². The van der Waals surface area contributed by atoms with Gasteiger partial charge in [-0.3, -0.25) is 24.0 Å². The second kappa shape index (κ2) is 20.1. The van der Waals surface area contributed by atoms with E-state index >= 15 is 0 Å². The van der Waals surface area contributed by atoms with E-state index in [1.165, 1.54) is 4.90 Å². The number of nitrogens with one attached hydrogen (secondary N) is 4. The summed E-state index contributed by atoms with van der Waals surface area (Å²) in [5.41, 5.74) is 12.1. The Kier molecular flexibility index (Phi) is 16.2. The Labute approximate surface area is 308 Å². The summed E-state index contributed by atoms with van der Waals surface area (Å²) >= 11 is 0. The van der Waals surface area contributed by atoms with Gasteiger partial charge in [-0.2, -0.15) is 0 Å². The van der Waals surface area contributed by atoms with Crippen LogP contribution in [0.1, 0.15) is 77.3 Å². The van der Waals surface area contributed by atoms with Crippen molar-refractivity contribution < 1.29 is 29.1 Å². The van der Waals surface area contributed by atoms with Crippen LogP contribution >= 0.6 is 0 Å². The Bertz CT molecular complexity index is 1460. The summed E-state index contributed by atoms with van der Waals surface area (Å²) in [6.45, 7) is 9.28. The average Bonchev–Trinajstić information content (AvgIpc) is 3.11. The van der Waals surface area contributed by atoms with Crippen molar-refractivity contribution in [3.05, 3.63) is 71.8 Å². The molecular weight excluding hydrogens is 662 g/mol. The summed E-state index contributed by atoms with van der Waals surface area (Å²) in [7, 11) is 0. The maximum Gasteiger partial charge on any atom is 0.323 e. The summed E-state index contributed by atoms with van der Waals surface area (Å²) < 4.78 is 0. The van der Waals surface area contributed by atoms with Crippen molar-refractivity contribution in [2.45, 2.75) is 102 Å². The van der Waals surface area contributed by atoms with Crippen LogP contribution in [-0.2, 0) is 35.8 Å². The van der Waals surface area contributed by atoms with Crippen LogP contribution in [-0.4, -0.2) is 96.0 Å². The predicted octanol–water partition coefficient (Wildman–Crippen LogP) is 1.83. The third-order valence-electron chi connectivity index (χ3n) is 9.64. The largest absolute Gasteiger partial charge is 0.480 e. The molecule has 1 heterocycles. The molecule has 0 bridgehead atoms. The molecule has 3 rings (SSSR count). The number of aliphatic carboxylic acids is 1. The van der Waals surface area contributed by atoms with Gasteiger partial charge in [0, 0.05) is 31.5 Å². The van der Waals surface area contributed by atoms with Crippen LogP contribution in [0.4, 0.5) is 0 Å². The minimum Gasteiger partial charge on any atom is -0.480 e. The zero-order valence-electron chi connectivity index (χ0n) is 31.2. The smallest absolute Gasteiger partial charge is 0.323 e. The number of amides is 4. The quantitative estimate of drug-likeness (QED) is 0.0994. The van der Waals surface area contributed by atoms with Crippen LogP contribution in [0.15, 0.2) is 60.7 Å². The van der Waals surface area contributed by atoms with Crippen molar-refractivity contribution in [1.82, 2.24) is 26.2 Å². The molecule has 0 saturated carbocycles. The zero-order valence-corrected chi connectivity index (χ0v) is 31.2. The molecule has 3 atom stereocenters. The number of carboxylic acid groups (broad SMARTS) is 1. The second-order valence-electron chi connectivity index (χ2n) is 15.0. The van der Waals surface area contributed by atoms with Crippen molar-refractivity contribution in [1.29, 1.82) is 0 Å². The normalized spacial score (nSPS) is 16.0. The fraction of sp³-hybridized carbons (Fsp3) is 0.564. The van der Waals surface area contributed by atoms with Crippen LogP contribution in [0.3, 0.4) is 0 Å². The molecule has 0 aromatic heterocycles. The fourth-order valence-corrected chi connectivity index (χ4v) is 6.34. The van der Waals surface area contributed by atoms with Crippen LogP contribution in [0, 0.1) is 5.92 Å². The van der Waals surface area contributed by atoms with E-state index in [2.05, 4.69) is 35.1 Å². The molecule has 13 nitrogen and oxygen atoms in total. The minimum atomic E-state index is -1.40. The number of piperidine rings is 1. The second-order valence-corrected chi connectivity index (χ2v) is 15.0. The molecule has 0 radical (unpaired) electrons. The van der Waals surface area contributed by atoms with E-state index in [1.807, 2.05) is 74.5 Å². The van der Waals surface area contributed by atoms with Crippen LogP contribution in [0.25, 0.3) is 0 Å². The van der Waals surface area contributed by atoms with Crippen LogP contribution in [0.5, 0.6) is 0 Å². The number of hydrogen-bond donors (Lipinski definition) is 7. The SMILES string of the molecule is CC(C)C[C@@H](NC(=O)[C@@H](Cc1ccccc1)NC(=O)CNCC(C)(C)c1ccccc1)C(=O)NC(CCCCN)C(=O)N1CCC(N)(C(=O)O)CC1. The summed E-state index contributed by atoms with van der Waals surface area (Å²) in [4.78, 5) is 67.9. The van der Waals surface area contributed by atoms with Gasteiger partial charge in [0.25, 0.3) is 0 Å². The third-order valence-corrected chi connectivity index (χ3v) is 9.64. The molecule has 1 fully saturated rings. The van der Waals surface area contributed by atoms with Gasteiger partial charge in [0.15, 0.2) is 0 Å². The van der Waals surface area contributed by atoms with Gasteiger partial charge in [-0.1, -0.05) is 88.4 Å². The maximum absolute atomic E-state index is 13.9. The number of carbonyl (C=O) groups is 5. The van der Waals surface area contributed by atoms with Gasteiger partial charge in [0.2, 0.25) is 23.6 Å². The first-order chi connectivity index (χ1) is 24.6. The van der Waals surface area contributed by atoms with Gasteiger partial charge < -0.3 is 42.7 Å². The molecule has 0 spiro atoms. The summed E-state index contributed by atoms with van der Waals surface area (Å²) in [5.74, 6) is -2.82. The maximum atomic E-state index is 13.9. The average molecular weight is 722 g/mol. The van der Waals surface area contributed by atoms with Gasteiger partial charge in [-0.15, -0.1) is 0 Å². The Morgan fingerprint density at radius 1 is 0.846 bits per heavy atom. The molecule has 9 N–H and O–H groups in total. The number of rotatable bonds is 20. The molecular formula is C39H59N7O6. The number of benzene rings is 2. The van der Waals surface area contributed by atoms with Crippen molar-refractivity contribution in [3.63, 3.8) is 0 Å². The molecule has 1 aliphatic heterocycles. The Balaban J connectivity index is 1.72. The topological polar surface area (TPSA) is 209 Å².